The molecule has 0 aromatic carbocycles. The van der Waals surface area contributed by atoms with Crippen molar-refractivity contribution in [1.82, 2.24) is 30.0 Å². The van der Waals surface area contributed by atoms with Gasteiger partial charge in [0.2, 0.25) is 5.95 Å². The van der Waals surface area contributed by atoms with Crippen molar-refractivity contribution in [1.29, 1.82) is 0 Å². The van der Waals surface area contributed by atoms with Gasteiger partial charge in [-0.15, -0.1) is 0 Å². The summed E-state index contributed by atoms with van der Waals surface area (Å²) >= 11 is 0. The van der Waals surface area contributed by atoms with Crippen LogP contribution in [-0.2, 0) is 0 Å². The van der Waals surface area contributed by atoms with Crippen molar-refractivity contribution >= 4 is 11.9 Å². The summed E-state index contributed by atoms with van der Waals surface area (Å²) in [7, 11) is 0. The third-order valence-corrected chi connectivity index (χ3v) is 6.72. The predicted octanol–water partition coefficient (Wildman–Crippen LogP) is 3.49. The molecule has 2 fully saturated rings. The van der Waals surface area contributed by atoms with E-state index in [2.05, 4.69) is 26.9 Å². The number of anilines is 1. The van der Waals surface area contributed by atoms with E-state index in [1.807, 2.05) is 24.1 Å². The van der Waals surface area contributed by atoms with Gasteiger partial charge in [-0.1, -0.05) is 12.1 Å². The summed E-state index contributed by atoms with van der Waals surface area (Å²) in [5.41, 5.74) is 3.09. The Balaban J connectivity index is 1.38. The number of aromatic nitrogens is 5. The number of carbonyl (C=O) groups excluding carboxylic acids is 1. The van der Waals surface area contributed by atoms with E-state index in [4.69, 9.17) is 14.5 Å². The molecular formula is C24H29N7O2. The van der Waals surface area contributed by atoms with Gasteiger partial charge >= 0.3 is 0 Å². The molecule has 0 saturated carbocycles. The molecule has 5 heterocycles. The number of amides is 1. The number of aryl methyl sites for hydroxylation is 1. The molecule has 0 unspecified atom stereocenters. The number of hydrogen-bond donors (Lipinski definition) is 0. The lowest BCUT2D eigenvalue weighted by molar-refractivity contribution is 0.0705. The first-order valence-corrected chi connectivity index (χ1v) is 11.7. The van der Waals surface area contributed by atoms with Gasteiger partial charge in [-0.3, -0.25) is 9.78 Å². The maximum atomic E-state index is 12.8. The van der Waals surface area contributed by atoms with Crippen molar-refractivity contribution in [3.8, 4) is 11.3 Å². The lowest BCUT2D eigenvalue weighted by atomic mass is 9.90. The molecule has 0 bridgehead atoms. The van der Waals surface area contributed by atoms with Gasteiger partial charge in [-0.05, 0) is 38.5 Å². The molecule has 0 atom stereocenters. The Morgan fingerprint density at radius 2 is 1.82 bits per heavy atom. The molecule has 9 nitrogen and oxygen atoms in total. The first-order chi connectivity index (χ1) is 16.1. The minimum absolute atomic E-state index is 0.0709. The van der Waals surface area contributed by atoms with Crippen LogP contribution in [0.1, 0.15) is 60.4 Å². The van der Waals surface area contributed by atoms with E-state index in [0.29, 0.717) is 24.5 Å². The third-order valence-electron chi connectivity index (χ3n) is 6.72. The summed E-state index contributed by atoms with van der Waals surface area (Å²) in [6.45, 7) is 7.46. The first kappa shape index (κ1) is 21.5. The summed E-state index contributed by atoms with van der Waals surface area (Å²) in [5.74, 6) is 2.36. The van der Waals surface area contributed by atoms with Gasteiger partial charge < -0.3 is 14.3 Å². The molecule has 172 valence electrons. The van der Waals surface area contributed by atoms with Crippen LogP contribution in [0.2, 0.25) is 0 Å². The van der Waals surface area contributed by atoms with E-state index in [1.165, 1.54) is 6.20 Å². The fourth-order valence-electron chi connectivity index (χ4n) is 4.67. The van der Waals surface area contributed by atoms with Gasteiger partial charge in [-0.2, -0.15) is 0 Å². The number of nitrogens with zero attached hydrogens (tertiary/aromatic N) is 7. The zero-order chi connectivity index (χ0) is 22.8. The summed E-state index contributed by atoms with van der Waals surface area (Å²) in [4.78, 5) is 34.9. The average molecular weight is 448 g/mol. The van der Waals surface area contributed by atoms with Crippen molar-refractivity contribution in [3.63, 3.8) is 0 Å². The highest BCUT2D eigenvalue weighted by atomic mass is 16.5. The molecule has 5 rings (SSSR count). The summed E-state index contributed by atoms with van der Waals surface area (Å²) in [6.07, 6.45) is 10.5. The van der Waals surface area contributed by atoms with Crippen LogP contribution in [0.15, 0.2) is 35.4 Å². The van der Waals surface area contributed by atoms with Crippen molar-refractivity contribution < 1.29 is 9.32 Å². The van der Waals surface area contributed by atoms with Crippen molar-refractivity contribution in [3.05, 3.63) is 47.9 Å². The Kier molecular flexibility index (Phi) is 6.02. The Morgan fingerprint density at radius 1 is 1.03 bits per heavy atom. The fourth-order valence-corrected chi connectivity index (χ4v) is 4.67. The lowest BCUT2D eigenvalue weighted by Gasteiger charge is -2.33. The van der Waals surface area contributed by atoms with Gasteiger partial charge in [0.15, 0.2) is 5.76 Å². The van der Waals surface area contributed by atoms with Crippen LogP contribution in [-0.4, -0.2) is 62.1 Å². The molecule has 3 aromatic rings. The van der Waals surface area contributed by atoms with Crippen molar-refractivity contribution in [2.75, 3.05) is 31.1 Å². The van der Waals surface area contributed by atoms with Crippen LogP contribution in [0.3, 0.4) is 0 Å². The molecule has 2 aliphatic rings. The quantitative estimate of drug-likeness (QED) is 0.599. The van der Waals surface area contributed by atoms with E-state index in [-0.39, 0.29) is 11.8 Å². The predicted molar refractivity (Wildman–Crippen MR) is 123 cm³/mol. The number of hydrogen-bond acceptors (Lipinski definition) is 8. The van der Waals surface area contributed by atoms with Gasteiger partial charge in [0.25, 0.3) is 5.91 Å². The minimum atomic E-state index is -0.0709. The highest BCUT2D eigenvalue weighted by Gasteiger charge is 2.30. The second kappa shape index (κ2) is 9.25. The van der Waals surface area contributed by atoms with Crippen LogP contribution in [0.5, 0.6) is 0 Å². The number of rotatable bonds is 4. The second-order valence-electron chi connectivity index (χ2n) is 9.13. The van der Waals surface area contributed by atoms with Gasteiger partial charge in [0.1, 0.15) is 5.69 Å². The highest BCUT2D eigenvalue weighted by Crippen LogP contribution is 2.35. The smallest absolute Gasteiger partial charge is 0.274 e. The third kappa shape index (κ3) is 4.58. The van der Waals surface area contributed by atoms with E-state index in [0.717, 1.165) is 67.6 Å². The van der Waals surface area contributed by atoms with Crippen LogP contribution < -0.4 is 4.90 Å². The molecule has 0 aliphatic carbocycles. The van der Waals surface area contributed by atoms with Gasteiger partial charge in [0.05, 0.1) is 23.1 Å². The van der Waals surface area contributed by atoms with Gasteiger partial charge in [-0.25, -0.2) is 15.0 Å². The molecule has 1 amide bonds. The zero-order valence-electron chi connectivity index (χ0n) is 19.1. The lowest BCUT2D eigenvalue weighted by Crippen LogP contribution is -2.39. The number of likely N-dealkylation sites (tertiary alicyclic amines) is 1. The monoisotopic (exact) mass is 447 g/mol. The van der Waals surface area contributed by atoms with Crippen LogP contribution >= 0.6 is 0 Å². The Morgan fingerprint density at radius 3 is 2.48 bits per heavy atom. The SMILES string of the molecule is Cc1cc(-c2cnc(N3CCC(C)CC3)nc2C2CCN(C(=O)c3cnccn3)CC2)on1. The highest BCUT2D eigenvalue weighted by molar-refractivity contribution is 5.92. The normalized spacial score (nSPS) is 18.0. The first-order valence-electron chi connectivity index (χ1n) is 11.7. The topological polar surface area (TPSA) is 101 Å². The largest absolute Gasteiger partial charge is 0.356 e. The van der Waals surface area contributed by atoms with E-state index in [9.17, 15) is 4.79 Å². The average Bonchev–Trinajstić information content (AvgIpc) is 3.30. The summed E-state index contributed by atoms with van der Waals surface area (Å²) in [5, 5.41) is 4.06. The fraction of sp³-hybridized carbons (Fsp3) is 0.500. The van der Waals surface area contributed by atoms with E-state index < -0.39 is 0 Å². The standard InChI is InChI=1S/C24H29N7O2/c1-16-3-9-31(10-4-16)24-27-14-19(21-13-17(2)29-33-21)22(28-24)18-5-11-30(12-6-18)23(32)20-15-25-7-8-26-20/h7-8,13-16,18H,3-6,9-12H2,1-2H3. The second-order valence-corrected chi connectivity index (χ2v) is 9.13. The van der Waals surface area contributed by atoms with E-state index >= 15 is 0 Å². The molecule has 0 radical (unpaired) electrons. The maximum absolute atomic E-state index is 12.8. The van der Waals surface area contributed by atoms with Crippen molar-refractivity contribution in [2.45, 2.75) is 45.4 Å². The molecule has 2 aliphatic heterocycles. The number of piperidine rings is 2. The summed E-state index contributed by atoms with van der Waals surface area (Å²) in [6, 6.07) is 1.93. The van der Waals surface area contributed by atoms with Crippen LogP contribution in [0, 0.1) is 12.8 Å². The molecular weight excluding hydrogens is 418 g/mol. The minimum Gasteiger partial charge on any atom is -0.356 e. The van der Waals surface area contributed by atoms with Crippen LogP contribution in [0.4, 0.5) is 5.95 Å². The molecule has 33 heavy (non-hydrogen) atoms. The Labute approximate surface area is 193 Å². The molecule has 0 spiro atoms. The zero-order valence-corrected chi connectivity index (χ0v) is 19.1. The van der Waals surface area contributed by atoms with Crippen LogP contribution in [0.25, 0.3) is 11.3 Å². The van der Waals surface area contributed by atoms with Crippen molar-refractivity contribution in [2.24, 2.45) is 5.92 Å². The Bertz CT molecular complexity index is 1100. The molecule has 2 saturated heterocycles. The molecule has 3 aromatic heterocycles. The van der Waals surface area contributed by atoms with Gasteiger partial charge in [0, 0.05) is 56.8 Å². The molecule has 0 N–H and O–H groups in total. The Hall–Kier alpha value is -3.36. The molecule has 9 heteroatoms. The van der Waals surface area contributed by atoms with E-state index in [1.54, 1.807) is 12.4 Å². The number of carbonyl (C=O) groups is 1. The maximum Gasteiger partial charge on any atom is 0.274 e. The summed E-state index contributed by atoms with van der Waals surface area (Å²) < 4.78 is 5.58.